The Morgan fingerprint density at radius 1 is 1.12 bits per heavy atom. The molecule has 0 spiro atoms. The molecule has 0 aliphatic heterocycles. The summed E-state index contributed by atoms with van der Waals surface area (Å²) >= 11 is 12.0. The Kier molecular flexibility index (Phi) is 5.21. The topological polar surface area (TPSA) is 96.7 Å². The number of aromatic nitrogens is 3. The average Bonchev–Trinajstić information content (AvgIpc) is 2.99. The molecule has 4 N–H and O–H groups in total. The number of nitrogen functional groups attached to an aromatic ring is 1. The first-order chi connectivity index (χ1) is 12.0. The van der Waals surface area contributed by atoms with Gasteiger partial charge < -0.3 is 11.1 Å². The zero-order valence-electron chi connectivity index (χ0n) is 13.1. The van der Waals surface area contributed by atoms with Crippen molar-refractivity contribution >= 4 is 34.8 Å². The highest BCUT2D eigenvalue weighted by atomic mass is 35.5. The summed E-state index contributed by atoms with van der Waals surface area (Å²) in [4.78, 5) is 16.4. The molecule has 1 aromatic heterocycles. The number of carbonyl (C=O) groups is 1. The first kappa shape index (κ1) is 17.3. The van der Waals surface area contributed by atoms with E-state index in [9.17, 15) is 4.79 Å². The number of rotatable bonds is 5. The van der Waals surface area contributed by atoms with Crippen LogP contribution in [0.5, 0.6) is 0 Å². The van der Waals surface area contributed by atoms with E-state index in [2.05, 4.69) is 20.5 Å². The molecule has 0 aliphatic carbocycles. The highest BCUT2D eigenvalue weighted by Crippen LogP contribution is 2.20. The predicted molar refractivity (Wildman–Crippen MR) is 97.7 cm³/mol. The highest BCUT2D eigenvalue weighted by molar-refractivity contribution is 6.34. The number of nitrogens with zero attached hydrogens (tertiary/aromatic N) is 2. The number of hydrogen-bond acceptors (Lipinski definition) is 4. The second-order valence-corrected chi connectivity index (χ2v) is 6.33. The van der Waals surface area contributed by atoms with Gasteiger partial charge in [-0.3, -0.25) is 9.89 Å². The molecule has 0 aliphatic rings. The van der Waals surface area contributed by atoms with E-state index >= 15 is 0 Å². The second-order valence-electron chi connectivity index (χ2n) is 5.46. The molecular weight excluding hydrogens is 361 g/mol. The maximum atomic E-state index is 12.1. The fourth-order valence-corrected chi connectivity index (χ4v) is 2.86. The van der Waals surface area contributed by atoms with Gasteiger partial charge in [0.1, 0.15) is 5.82 Å². The van der Waals surface area contributed by atoms with Gasteiger partial charge in [0.15, 0.2) is 5.82 Å². The number of benzene rings is 2. The summed E-state index contributed by atoms with van der Waals surface area (Å²) in [6, 6.07) is 12.0. The van der Waals surface area contributed by atoms with Crippen LogP contribution in [-0.4, -0.2) is 21.1 Å². The quantitative estimate of drug-likeness (QED) is 0.596. The Hall–Kier alpha value is -2.57. The van der Waals surface area contributed by atoms with Crippen LogP contribution in [-0.2, 0) is 13.0 Å². The van der Waals surface area contributed by atoms with Crippen molar-refractivity contribution < 1.29 is 4.79 Å². The minimum atomic E-state index is -0.209. The normalized spacial score (nSPS) is 10.6. The van der Waals surface area contributed by atoms with Crippen LogP contribution in [0.3, 0.4) is 0 Å². The van der Waals surface area contributed by atoms with Gasteiger partial charge in [-0.15, -0.1) is 0 Å². The van der Waals surface area contributed by atoms with E-state index < -0.39 is 0 Å². The molecule has 0 bridgehead atoms. The molecule has 0 saturated heterocycles. The third kappa shape index (κ3) is 4.71. The van der Waals surface area contributed by atoms with Crippen molar-refractivity contribution in [2.24, 2.45) is 0 Å². The van der Waals surface area contributed by atoms with Crippen molar-refractivity contribution in [3.63, 3.8) is 0 Å². The Morgan fingerprint density at radius 3 is 2.48 bits per heavy atom. The average molecular weight is 376 g/mol. The van der Waals surface area contributed by atoms with E-state index in [1.807, 2.05) is 12.1 Å². The molecule has 3 aromatic rings. The second kappa shape index (κ2) is 7.55. The zero-order valence-corrected chi connectivity index (χ0v) is 14.6. The maximum absolute atomic E-state index is 12.1. The van der Waals surface area contributed by atoms with Crippen molar-refractivity contribution in [3.8, 4) is 0 Å². The molecule has 6 nitrogen and oxygen atoms in total. The lowest BCUT2D eigenvalue weighted by Crippen LogP contribution is -2.23. The van der Waals surface area contributed by atoms with Crippen molar-refractivity contribution in [3.05, 3.63) is 75.3 Å². The maximum Gasteiger partial charge on any atom is 0.251 e. The summed E-state index contributed by atoms with van der Waals surface area (Å²) in [6.07, 6.45) is 0.489. The molecule has 128 valence electrons. The van der Waals surface area contributed by atoms with Gasteiger partial charge in [0, 0.05) is 27.7 Å². The van der Waals surface area contributed by atoms with Crippen molar-refractivity contribution in [1.82, 2.24) is 20.5 Å². The number of nitrogens with one attached hydrogen (secondary N) is 2. The largest absolute Gasteiger partial charge is 0.399 e. The zero-order chi connectivity index (χ0) is 17.8. The van der Waals surface area contributed by atoms with Crippen LogP contribution < -0.4 is 11.1 Å². The van der Waals surface area contributed by atoms with Gasteiger partial charge in [0.25, 0.3) is 5.91 Å². The Balaban J connectivity index is 1.60. The Labute approximate surface area is 154 Å². The van der Waals surface area contributed by atoms with Gasteiger partial charge in [0.2, 0.25) is 0 Å². The summed E-state index contributed by atoms with van der Waals surface area (Å²) in [7, 11) is 0. The van der Waals surface area contributed by atoms with Gasteiger partial charge in [-0.2, -0.15) is 5.10 Å². The molecule has 0 atom stereocenters. The van der Waals surface area contributed by atoms with Gasteiger partial charge >= 0.3 is 0 Å². The van der Waals surface area contributed by atoms with Crippen LogP contribution >= 0.6 is 23.2 Å². The molecule has 1 heterocycles. The number of amides is 1. The molecule has 1 amide bonds. The lowest BCUT2D eigenvalue weighted by atomic mass is 10.1. The monoisotopic (exact) mass is 375 g/mol. The number of hydrogen-bond donors (Lipinski definition) is 3. The molecule has 0 unspecified atom stereocenters. The molecule has 0 saturated carbocycles. The van der Waals surface area contributed by atoms with E-state index in [-0.39, 0.29) is 12.5 Å². The third-order valence-electron chi connectivity index (χ3n) is 3.45. The van der Waals surface area contributed by atoms with E-state index in [0.29, 0.717) is 39.4 Å². The standard InChI is InChI=1S/C17H15Cl2N5O/c18-12-5-10(6-13(19)8-12)7-15-22-16(24-23-15)9-21-17(25)11-1-3-14(20)4-2-11/h1-6,8H,7,9,20H2,(H,21,25)(H,22,23,24). The van der Waals surface area contributed by atoms with E-state index in [4.69, 9.17) is 28.9 Å². The van der Waals surface area contributed by atoms with Crippen LogP contribution in [0.4, 0.5) is 5.69 Å². The van der Waals surface area contributed by atoms with Crippen LogP contribution in [0.2, 0.25) is 10.0 Å². The SMILES string of the molecule is Nc1ccc(C(=O)NCc2nc(Cc3cc(Cl)cc(Cl)c3)n[nH]2)cc1. The summed E-state index contributed by atoms with van der Waals surface area (Å²) in [5.74, 6) is 0.946. The first-order valence-corrected chi connectivity index (χ1v) is 8.24. The van der Waals surface area contributed by atoms with Crippen LogP contribution in [0.15, 0.2) is 42.5 Å². The Morgan fingerprint density at radius 2 is 1.80 bits per heavy atom. The highest BCUT2D eigenvalue weighted by Gasteiger charge is 2.09. The first-order valence-electron chi connectivity index (χ1n) is 7.48. The summed E-state index contributed by atoms with van der Waals surface area (Å²) in [6.45, 7) is 0.243. The molecule has 8 heteroatoms. The van der Waals surface area contributed by atoms with Crippen molar-refractivity contribution in [2.75, 3.05) is 5.73 Å². The minimum Gasteiger partial charge on any atom is -0.399 e. The third-order valence-corrected chi connectivity index (χ3v) is 3.89. The van der Waals surface area contributed by atoms with Gasteiger partial charge in [-0.05, 0) is 48.0 Å². The number of carbonyl (C=O) groups excluding carboxylic acids is 1. The molecule has 0 fully saturated rings. The smallest absolute Gasteiger partial charge is 0.251 e. The Bertz CT molecular complexity index is 872. The van der Waals surface area contributed by atoms with E-state index in [1.54, 1.807) is 30.3 Å². The molecule has 3 rings (SSSR count). The predicted octanol–water partition coefficient (Wildman–Crippen LogP) is 3.21. The summed E-state index contributed by atoms with van der Waals surface area (Å²) in [5.41, 5.74) is 7.66. The number of aromatic amines is 1. The van der Waals surface area contributed by atoms with Crippen molar-refractivity contribution in [1.29, 1.82) is 0 Å². The van der Waals surface area contributed by atoms with Crippen LogP contribution in [0.25, 0.3) is 0 Å². The summed E-state index contributed by atoms with van der Waals surface area (Å²) < 4.78 is 0. The van der Waals surface area contributed by atoms with E-state index in [1.165, 1.54) is 0 Å². The molecular formula is C17H15Cl2N5O. The van der Waals surface area contributed by atoms with Crippen molar-refractivity contribution in [2.45, 2.75) is 13.0 Å². The fraction of sp³-hybridized carbons (Fsp3) is 0.118. The summed E-state index contributed by atoms with van der Waals surface area (Å²) in [5, 5.41) is 10.9. The number of halogens is 2. The van der Waals surface area contributed by atoms with Crippen LogP contribution in [0.1, 0.15) is 27.6 Å². The lowest BCUT2D eigenvalue weighted by Gasteiger charge is -2.03. The molecule has 2 aromatic carbocycles. The fourth-order valence-electron chi connectivity index (χ4n) is 2.29. The van der Waals surface area contributed by atoms with E-state index in [0.717, 1.165) is 5.56 Å². The number of nitrogens with two attached hydrogens (primary N) is 1. The lowest BCUT2D eigenvalue weighted by molar-refractivity contribution is 0.0950. The minimum absolute atomic E-state index is 0.209. The number of anilines is 1. The molecule has 0 radical (unpaired) electrons. The van der Waals surface area contributed by atoms with Crippen LogP contribution in [0, 0.1) is 0 Å². The number of H-pyrrole nitrogens is 1. The van der Waals surface area contributed by atoms with Gasteiger partial charge in [-0.1, -0.05) is 23.2 Å². The van der Waals surface area contributed by atoms with Gasteiger partial charge in [0.05, 0.1) is 6.54 Å². The van der Waals surface area contributed by atoms with Gasteiger partial charge in [-0.25, -0.2) is 4.98 Å². The molecule has 25 heavy (non-hydrogen) atoms.